The molecular weight excluding hydrogens is 370 g/mol. The number of esters is 1. The molecule has 28 heavy (non-hydrogen) atoms. The summed E-state index contributed by atoms with van der Waals surface area (Å²) in [4.78, 5) is 26.4. The van der Waals surface area contributed by atoms with Gasteiger partial charge in [0.2, 0.25) is 0 Å². The lowest BCUT2D eigenvalue weighted by molar-refractivity contribution is -0.123. The number of anilines is 2. The van der Waals surface area contributed by atoms with Crippen LogP contribution in [0.15, 0.2) is 42.5 Å². The molecule has 0 saturated carbocycles. The van der Waals surface area contributed by atoms with Gasteiger partial charge in [-0.1, -0.05) is 0 Å². The molecule has 1 fully saturated rings. The molecule has 0 spiro atoms. The number of amides is 1. The predicted octanol–water partition coefficient (Wildman–Crippen LogP) is 2.99. The summed E-state index contributed by atoms with van der Waals surface area (Å²) in [5.74, 6) is -3.33. The molecular formula is C20H20F2N2O4. The molecule has 6 nitrogen and oxygen atoms in total. The molecule has 1 heterocycles. The van der Waals surface area contributed by atoms with Gasteiger partial charge >= 0.3 is 5.97 Å². The lowest BCUT2D eigenvalue weighted by Crippen LogP contribution is -2.36. The highest BCUT2D eigenvalue weighted by Crippen LogP contribution is 2.19. The van der Waals surface area contributed by atoms with Crippen LogP contribution in [0.25, 0.3) is 0 Å². The van der Waals surface area contributed by atoms with Crippen molar-refractivity contribution in [3.63, 3.8) is 0 Å². The van der Waals surface area contributed by atoms with E-state index in [0.29, 0.717) is 25.0 Å². The summed E-state index contributed by atoms with van der Waals surface area (Å²) in [6, 6.07) is 9.60. The monoisotopic (exact) mass is 390 g/mol. The maximum absolute atomic E-state index is 13.2. The fourth-order valence-electron chi connectivity index (χ4n) is 2.77. The summed E-state index contributed by atoms with van der Waals surface area (Å²) in [5, 5.41) is 2.64. The number of nitrogens with one attached hydrogen (secondary N) is 1. The highest BCUT2D eigenvalue weighted by atomic mass is 19.1. The van der Waals surface area contributed by atoms with Crippen molar-refractivity contribution >= 4 is 23.3 Å². The van der Waals surface area contributed by atoms with Gasteiger partial charge < -0.3 is 19.7 Å². The van der Waals surface area contributed by atoms with Crippen molar-refractivity contribution in [3.05, 3.63) is 59.7 Å². The SMILES string of the molecule is C[C@@H](OC(=O)c1cc(F)cc(F)c1)C(=O)Nc1ccc(N2CCOCC2)cc1. The standard InChI is InChI=1S/C20H20F2N2O4/c1-13(28-20(26)14-10-15(21)12-16(22)11-14)19(25)23-17-2-4-18(5-3-17)24-6-8-27-9-7-24/h2-5,10-13H,6-9H2,1H3,(H,23,25)/t13-/m1/s1. The summed E-state index contributed by atoms with van der Waals surface area (Å²) in [6.45, 7) is 4.34. The van der Waals surface area contributed by atoms with Gasteiger partial charge in [0.05, 0.1) is 18.8 Å². The number of morpholine rings is 1. The normalized spacial score (nSPS) is 15.0. The molecule has 1 atom stereocenters. The third kappa shape index (κ3) is 5.04. The summed E-state index contributed by atoms with van der Waals surface area (Å²) >= 11 is 0. The van der Waals surface area contributed by atoms with Crippen LogP contribution in [0.2, 0.25) is 0 Å². The van der Waals surface area contributed by atoms with E-state index in [4.69, 9.17) is 9.47 Å². The van der Waals surface area contributed by atoms with Crippen LogP contribution in [0.3, 0.4) is 0 Å². The predicted molar refractivity (Wildman–Crippen MR) is 99.3 cm³/mol. The Balaban J connectivity index is 1.56. The maximum atomic E-state index is 13.2. The Morgan fingerprint density at radius 1 is 1.07 bits per heavy atom. The van der Waals surface area contributed by atoms with Gasteiger partial charge in [-0.3, -0.25) is 4.79 Å². The summed E-state index contributed by atoms with van der Waals surface area (Å²) in [5.41, 5.74) is 1.27. The Bertz CT molecular complexity index is 832. The minimum atomic E-state index is -1.14. The van der Waals surface area contributed by atoms with Gasteiger partial charge in [0, 0.05) is 30.5 Å². The van der Waals surface area contributed by atoms with Crippen LogP contribution in [0.1, 0.15) is 17.3 Å². The van der Waals surface area contributed by atoms with Gasteiger partial charge in [-0.05, 0) is 43.3 Å². The minimum absolute atomic E-state index is 0.299. The molecule has 0 aromatic heterocycles. The Morgan fingerprint density at radius 3 is 2.29 bits per heavy atom. The first-order valence-electron chi connectivity index (χ1n) is 8.83. The van der Waals surface area contributed by atoms with Crippen molar-refractivity contribution in [2.45, 2.75) is 13.0 Å². The molecule has 1 N–H and O–H groups in total. The highest BCUT2D eigenvalue weighted by molar-refractivity contribution is 5.97. The van der Waals surface area contributed by atoms with Crippen LogP contribution in [0, 0.1) is 11.6 Å². The summed E-state index contributed by atoms with van der Waals surface area (Å²) < 4.78 is 36.7. The molecule has 2 aromatic carbocycles. The fraction of sp³-hybridized carbons (Fsp3) is 0.300. The smallest absolute Gasteiger partial charge is 0.339 e. The van der Waals surface area contributed by atoms with E-state index in [1.54, 1.807) is 12.1 Å². The average Bonchev–Trinajstić information content (AvgIpc) is 2.68. The molecule has 1 aliphatic heterocycles. The third-order valence-corrected chi connectivity index (χ3v) is 4.26. The number of carbonyl (C=O) groups is 2. The fourth-order valence-corrected chi connectivity index (χ4v) is 2.77. The molecule has 1 saturated heterocycles. The van der Waals surface area contributed by atoms with Crippen LogP contribution in [0.5, 0.6) is 0 Å². The molecule has 0 radical (unpaired) electrons. The lowest BCUT2D eigenvalue weighted by Gasteiger charge is -2.28. The number of rotatable bonds is 5. The van der Waals surface area contributed by atoms with E-state index >= 15 is 0 Å². The number of benzene rings is 2. The Labute approximate surface area is 161 Å². The van der Waals surface area contributed by atoms with Gasteiger partial charge in [0.15, 0.2) is 6.10 Å². The van der Waals surface area contributed by atoms with Crippen LogP contribution >= 0.6 is 0 Å². The van der Waals surface area contributed by atoms with E-state index in [1.807, 2.05) is 12.1 Å². The van der Waals surface area contributed by atoms with Gasteiger partial charge in [-0.25, -0.2) is 13.6 Å². The number of ether oxygens (including phenoxy) is 2. The highest BCUT2D eigenvalue weighted by Gasteiger charge is 2.20. The number of nitrogens with zero attached hydrogens (tertiary/aromatic N) is 1. The number of halogens is 2. The van der Waals surface area contributed by atoms with E-state index in [1.165, 1.54) is 6.92 Å². The van der Waals surface area contributed by atoms with E-state index in [0.717, 1.165) is 30.9 Å². The quantitative estimate of drug-likeness (QED) is 0.795. The van der Waals surface area contributed by atoms with Crippen molar-refractivity contribution in [1.82, 2.24) is 0 Å². The van der Waals surface area contributed by atoms with Crippen LogP contribution in [-0.2, 0) is 14.3 Å². The first-order chi connectivity index (χ1) is 13.4. The molecule has 2 aromatic rings. The first-order valence-corrected chi connectivity index (χ1v) is 8.83. The van der Waals surface area contributed by atoms with Crippen molar-refractivity contribution in [2.75, 3.05) is 36.5 Å². The zero-order valence-electron chi connectivity index (χ0n) is 15.3. The second-order valence-electron chi connectivity index (χ2n) is 6.34. The molecule has 1 amide bonds. The number of hydrogen-bond donors (Lipinski definition) is 1. The lowest BCUT2D eigenvalue weighted by atomic mass is 10.2. The van der Waals surface area contributed by atoms with Crippen molar-refractivity contribution in [2.24, 2.45) is 0 Å². The van der Waals surface area contributed by atoms with Crippen molar-refractivity contribution in [1.29, 1.82) is 0 Å². The van der Waals surface area contributed by atoms with Crippen molar-refractivity contribution < 1.29 is 27.8 Å². The second-order valence-corrected chi connectivity index (χ2v) is 6.34. The van der Waals surface area contributed by atoms with Gasteiger partial charge in [-0.15, -0.1) is 0 Å². The van der Waals surface area contributed by atoms with Gasteiger partial charge in [0.25, 0.3) is 5.91 Å². The molecule has 148 valence electrons. The zero-order valence-corrected chi connectivity index (χ0v) is 15.3. The van der Waals surface area contributed by atoms with Crippen LogP contribution in [-0.4, -0.2) is 44.3 Å². The van der Waals surface area contributed by atoms with Gasteiger partial charge in [0.1, 0.15) is 11.6 Å². The molecule has 1 aliphatic rings. The number of carbonyl (C=O) groups excluding carboxylic acids is 2. The molecule has 0 bridgehead atoms. The van der Waals surface area contributed by atoms with Gasteiger partial charge in [-0.2, -0.15) is 0 Å². The Kier molecular flexibility index (Phi) is 6.20. The molecule has 3 rings (SSSR count). The number of hydrogen-bond acceptors (Lipinski definition) is 5. The molecule has 8 heteroatoms. The van der Waals surface area contributed by atoms with Crippen LogP contribution < -0.4 is 10.2 Å². The van der Waals surface area contributed by atoms with E-state index in [-0.39, 0.29) is 5.56 Å². The largest absolute Gasteiger partial charge is 0.449 e. The molecule has 0 aliphatic carbocycles. The minimum Gasteiger partial charge on any atom is -0.449 e. The zero-order chi connectivity index (χ0) is 20.1. The maximum Gasteiger partial charge on any atom is 0.339 e. The van der Waals surface area contributed by atoms with E-state index < -0.39 is 29.6 Å². The average molecular weight is 390 g/mol. The Morgan fingerprint density at radius 2 is 1.68 bits per heavy atom. The van der Waals surface area contributed by atoms with Crippen molar-refractivity contribution in [3.8, 4) is 0 Å². The Hall–Kier alpha value is -3.00. The van der Waals surface area contributed by atoms with E-state index in [2.05, 4.69) is 10.2 Å². The topological polar surface area (TPSA) is 67.9 Å². The first kappa shape index (κ1) is 19.8. The van der Waals surface area contributed by atoms with Crippen LogP contribution in [0.4, 0.5) is 20.2 Å². The third-order valence-electron chi connectivity index (χ3n) is 4.26. The summed E-state index contributed by atoms with van der Waals surface area (Å²) in [6.07, 6.45) is -1.14. The van der Waals surface area contributed by atoms with E-state index in [9.17, 15) is 18.4 Å². The molecule has 0 unspecified atom stereocenters. The summed E-state index contributed by atoms with van der Waals surface area (Å²) in [7, 11) is 0. The second kappa shape index (κ2) is 8.79.